The molecule has 2 heterocycles. The van der Waals surface area contributed by atoms with E-state index in [1.807, 2.05) is 0 Å². The third kappa shape index (κ3) is 3.55. The van der Waals surface area contributed by atoms with Gasteiger partial charge >= 0.3 is 6.18 Å². The minimum atomic E-state index is -4.53. The fourth-order valence-corrected chi connectivity index (χ4v) is 3.77. The van der Waals surface area contributed by atoms with E-state index in [1.165, 1.54) is 17.0 Å². The molecule has 0 atom stereocenters. The minimum Gasteiger partial charge on any atom is -0.308 e. The number of carbonyl (C=O) groups is 1. The Balaban J connectivity index is 1.75. The van der Waals surface area contributed by atoms with Gasteiger partial charge in [0.2, 0.25) is 0 Å². The maximum atomic E-state index is 13.4. The van der Waals surface area contributed by atoms with Crippen LogP contribution in [0, 0.1) is 0 Å². The van der Waals surface area contributed by atoms with Gasteiger partial charge in [0.05, 0.1) is 17.7 Å². The summed E-state index contributed by atoms with van der Waals surface area (Å²) < 4.78 is 41.8. The van der Waals surface area contributed by atoms with Gasteiger partial charge in [0.25, 0.3) is 5.91 Å². The van der Waals surface area contributed by atoms with Crippen LogP contribution >= 0.6 is 0 Å². The average Bonchev–Trinajstić information content (AvgIpc) is 3.29. The van der Waals surface area contributed by atoms with E-state index in [4.69, 9.17) is 5.84 Å². The van der Waals surface area contributed by atoms with Crippen molar-refractivity contribution in [1.82, 2.24) is 15.2 Å². The number of halogens is 3. The maximum Gasteiger partial charge on any atom is 0.416 e. The van der Waals surface area contributed by atoms with E-state index in [2.05, 4.69) is 15.5 Å². The van der Waals surface area contributed by atoms with Crippen molar-refractivity contribution in [2.45, 2.75) is 12.7 Å². The monoisotopic (exact) mass is 428 g/mol. The zero-order valence-corrected chi connectivity index (χ0v) is 16.7. The number of aryl methyl sites for hydroxylation is 1. The summed E-state index contributed by atoms with van der Waals surface area (Å²) in [5.74, 6) is 5.51. The molecular formula is C21H19F3N6O. The van der Waals surface area contributed by atoms with Gasteiger partial charge in [0.15, 0.2) is 0 Å². The number of aromatic nitrogens is 2. The van der Waals surface area contributed by atoms with Crippen LogP contribution in [0.4, 0.5) is 18.9 Å². The number of fused-ring (bicyclic) bond motifs is 1. The molecule has 3 N–H and O–H groups in total. The molecule has 0 aliphatic carbocycles. The summed E-state index contributed by atoms with van der Waals surface area (Å²) in [5.41, 5.74) is 4.15. The number of nitrogens with zero attached hydrogens (tertiary/aromatic N) is 4. The highest BCUT2D eigenvalue weighted by atomic mass is 19.4. The predicted octanol–water partition coefficient (Wildman–Crippen LogP) is 3.11. The molecular weight excluding hydrogens is 409 g/mol. The summed E-state index contributed by atoms with van der Waals surface area (Å²) in [5, 5.41) is 4.46. The van der Waals surface area contributed by atoms with Crippen LogP contribution in [-0.4, -0.2) is 28.6 Å². The second-order valence-corrected chi connectivity index (χ2v) is 7.05. The number of amides is 1. The lowest BCUT2D eigenvalue weighted by Gasteiger charge is -2.17. The zero-order chi connectivity index (χ0) is 22.3. The number of nitrogens with two attached hydrogens (primary N) is 1. The van der Waals surface area contributed by atoms with Crippen molar-refractivity contribution >= 4 is 17.4 Å². The minimum absolute atomic E-state index is 0.0170. The molecule has 7 nitrogen and oxygen atoms in total. The zero-order valence-electron chi connectivity index (χ0n) is 16.7. The van der Waals surface area contributed by atoms with Gasteiger partial charge in [0, 0.05) is 37.1 Å². The van der Waals surface area contributed by atoms with Crippen LogP contribution in [-0.2, 0) is 19.8 Å². The van der Waals surface area contributed by atoms with Crippen molar-refractivity contribution in [3.63, 3.8) is 0 Å². The van der Waals surface area contributed by atoms with E-state index >= 15 is 0 Å². The van der Waals surface area contributed by atoms with Gasteiger partial charge in [-0.25, -0.2) is 5.84 Å². The first-order valence-electron chi connectivity index (χ1n) is 9.33. The van der Waals surface area contributed by atoms with Gasteiger partial charge < -0.3 is 10.3 Å². The first-order chi connectivity index (χ1) is 14.7. The van der Waals surface area contributed by atoms with E-state index in [0.717, 1.165) is 6.07 Å². The highest BCUT2D eigenvalue weighted by Crippen LogP contribution is 2.39. The largest absolute Gasteiger partial charge is 0.416 e. The Hall–Kier alpha value is -3.66. The molecule has 160 valence electrons. The van der Waals surface area contributed by atoms with Crippen molar-refractivity contribution in [1.29, 1.82) is 0 Å². The number of alkyl halides is 3. The van der Waals surface area contributed by atoms with Crippen LogP contribution in [0.3, 0.4) is 0 Å². The summed E-state index contributed by atoms with van der Waals surface area (Å²) in [6.07, 6.45) is -2.78. The summed E-state index contributed by atoms with van der Waals surface area (Å²) in [4.78, 5) is 18.3. The molecule has 0 saturated heterocycles. The lowest BCUT2D eigenvalue weighted by Crippen LogP contribution is -2.31. The number of hydrazine groups is 1. The number of carbonyl (C=O) groups excluding carboxylic acids is 1. The van der Waals surface area contributed by atoms with Gasteiger partial charge in [0.1, 0.15) is 11.5 Å². The summed E-state index contributed by atoms with van der Waals surface area (Å²) in [6, 6.07) is 10.6. The quantitative estimate of drug-likeness (QED) is 0.290. The van der Waals surface area contributed by atoms with Crippen LogP contribution in [0.25, 0.3) is 11.3 Å². The molecule has 0 saturated carbocycles. The fraction of sp³-hybridized carbons (Fsp3) is 0.190. The van der Waals surface area contributed by atoms with Crippen molar-refractivity contribution in [2.24, 2.45) is 17.9 Å². The summed E-state index contributed by atoms with van der Waals surface area (Å²) >= 11 is 0. The first kappa shape index (κ1) is 20.6. The molecule has 0 fully saturated rings. The Morgan fingerprint density at radius 2 is 1.97 bits per heavy atom. The average molecular weight is 428 g/mol. The topological polar surface area (TPSA) is 88.5 Å². The lowest BCUT2D eigenvalue weighted by molar-refractivity contribution is -0.138. The molecule has 10 heteroatoms. The molecule has 1 aliphatic heterocycles. The number of nitrogens with one attached hydrogen (secondary N) is 1. The van der Waals surface area contributed by atoms with Gasteiger partial charge in [-0.2, -0.15) is 18.3 Å². The lowest BCUT2D eigenvalue weighted by atomic mass is 10.0. The number of hydrogen-bond donors (Lipinski definition) is 2. The van der Waals surface area contributed by atoms with Gasteiger partial charge in [-0.05, 0) is 29.8 Å². The normalized spacial score (nSPS) is 14.2. The second-order valence-electron chi connectivity index (χ2n) is 7.05. The van der Waals surface area contributed by atoms with E-state index in [-0.39, 0.29) is 17.7 Å². The van der Waals surface area contributed by atoms with Crippen LogP contribution in [0.2, 0.25) is 0 Å². The molecule has 4 rings (SSSR count). The molecule has 1 aliphatic rings. The van der Waals surface area contributed by atoms with E-state index < -0.39 is 17.6 Å². The molecule has 0 unspecified atom stereocenters. The predicted molar refractivity (Wildman–Crippen MR) is 110 cm³/mol. The van der Waals surface area contributed by atoms with Crippen LogP contribution < -0.4 is 16.2 Å². The van der Waals surface area contributed by atoms with E-state index in [0.29, 0.717) is 28.3 Å². The molecule has 3 aromatic rings. The summed E-state index contributed by atoms with van der Waals surface area (Å²) in [7, 11) is 3.33. The molecule has 31 heavy (non-hydrogen) atoms. The highest BCUT2D eigenvalue weighted by molar-refractivity contribution is 6.10. The number of benzene rings is 2. The molecule has 0 spiro atoms. The Kier molecular flexibility index (Phi) is 5.02. The fourth-order valence-electron chi connectivity index (χ4n) is 3.77. The Bertz CT molecular complexity index is 1200. The molecule has 1 aromatic heterocycles. The summed E-state index contributed by atoms with van der Waals surface area (Å²) in [6.45, 7) is -0.158. The molecule has 1 amide bonds. The standard InChI is InChI=1S/C21H19F3N6O/c1-26-19(27-25)16-10-29(2)28-18(16)12-5-3-6-13(9-12)30-11-15-14(20(30)31)7-4-8-17(15)21(22,23)24/h3-10H,11,25H2,1-2H3,(H,26,27). The number of amidine groups is 1. The van der Waals surface area contributed by atoms with Crippen molar-refractivity contribution in [3.8, 4) is 11.3 Å². The van der Waals surface area contributed by atoms with Gasteiger partial charge in [-0.15, -0.1) is 0 Å². The Morgan fingerprint density at radius 3 is 2.65 bits per heavy atom. The number of aliphatic imine (C=N–C) groups is 1. The first-order valence-corrected chi connectivity index (χ1v) is 9.33. The van der Waals surface area contributed by atoms with Gasteiger partial charge in [-0.1, -0.05) is 18.2 Å². The third-order valence-electron chi connectivity index (χ3n) is 5.15. The molecule has 2 aromatic carbocycles. The molecule has 0 bridgehead atoms. The SMILES string of the molecule is CN=C(NN)c1cn(C)nc1-c1cccc(N2Cc3c(cccc3C(F)(F)F)C2=O)c1. The number of rotatable bonds is 3. The number of anilines is 1. The van der Waals surface area contributed by atoms with Crippen molar-refractivity contribution in [3.05, 3.63) is 70.9 Å². The van der Waals surface area contributed by atoms with Crippen molar-refractivity contribution < 1.29 is 18.0 Å². The second kappa shape index (κ2) is 7.55. The van der Waals surface area contributed by atoms with Crippen LogP contribution in [0.5, 0.6) is 0 Å². The smallest absolute Gasteiger partial charge is 0.308 e. The number of hydrogen-bond acceptors (Lipinski definition) is 4. The van der Waals surface area contributed by atoms with Gasteiger partial charge in [-0.3, -0.25) is 14.5 Å². The maximum absolute atomic E-state index is 13.4. The van der Waals surface area contributed by atoms with E-state index in [1.54, 1.807) is 49.2 Å². The highest BCUT2D eigenvalue weighted by Gasteiger charge is 2.39. The Labute approximate surface area is 176 Å². The van der Waals surface area contributed by atoms with Crippen LogP contribution in [0.15, 0.2) is 53.7 Å². The Morgan fingerprint density at radius 1 is 1.23 bits per heavy atom. The van der Waals surface area contributed by atoms with Crippen LogP contribution in [0.1, 0.15) is 27.0 Å². The van der Waals surface area contributed by atoms with Crippen molar-refractivity contribution in [2.75, 3.05) is 11.9 Å². The third-order valence-corrected chi connectivity index (χ3v) is 5.15. The molecule has 0 radical (unpaired) electrons. The van der Waals surface area contributed by atoms with E-state index in [9.17, 15) is 18.0 Å².